The van der Waals surface area contributed by atoms with Crippen molar-refractivity contribution in [2.75, 3.05) is 19.6 Å². The van der Waals surface area contributed by atoms with Gasteiger partial charge in [0.25, 0.3) is 11.8 Å². The molecule has 0 spiro atoms. The lowest BCUT2D eigenvalue weighted by Crippen LogP contribution is -2.49. The maximum atomic E-state index is 13.3. The Kier molecular flexibility index (Phi) is 5.49. The van der Waals surface area contributed by atoms with Gasteiger partial charge in [-0.15, -0.1) is 0 Å². The minimum Gasteiger partial charge on any atom is -0.353 e. The van der Waals surface area contributed by atoms with E-state index < -0.39 is 5.82 Å². The number of piperazine rings is 1. The molecule has 7 heteroatoms. The second-order valence-electron chi connectivity index (χ2n) is 6.42. The van der Waals surface area contributed by atoms with Crippen molar-refractivity contribution >= 4 is 17.7 Å². The van der Waals surface area contributed by atoms with E-state index in [0.717, 1.165) is 5.56 Å². The molecule has 2 aromatic rings. The first kappa shape index (κ1) is 18.6. The summed E-state index contributed by atoms with van der Waals surface area (Å²) in [6.45, 7) is 3.00. The number of hydrogen-bond donors (Lipinski definition) is 2. The molecular formula is C20H20FN3O3. The fourth-order valence-electron chi connectivity index (χ4n) is 2.88. The molecule has 0 bridgehead atoms. The lowest BCUT2D eigenvalue weighted by molar-refractivity contribution is -0.123. The van der Waals surface area contributed by atoms with Crippen LogP contribution in [-0.4, -0.2) is 42.3 Å². The highest BCUT2D eigenvalue weighted by Crippen LogP contribution is 2.12. The minimum atomic E-state index is -0.458. The molecule has 140 valence electrons. The Balaban J connectivity index is 1.60. The summed E-state index contributed by atoms with van der Waals surface area (Å²) < 4.78 is 13.3. The van der Waals surface area contributed by atoms with Crippen LogP contribution in [0.4, 0.5) is 4.39 Å². The van der Waals surface area contributed by atoms with Crippen LogP contribution in [0.1, 0.15) is 31.8 Å². The number of hydrogen-bond acceptors (Lipinski definition) is 3. The lowest BCUT2D eigenvalue weighted by atomic mass is 10.1. The van der Waals surface area contributed by atoms with Gasteiger partial charge in [0.1, 0.15) is 5.82 Å². The average Bonchev–Trinajstić information content (AvgIpc) is 2.68. The Morgan fingerprint density at radius 1 is 1.19 bits per heavy atom. The van der Waals surface area contributed by atoms with E-state index in [1.807, 2.05) is 0 Å². The molecule has 0 aromatic heterocycles. The zero-order chi connectivity index (χ0) is 19.4. The number of rotatable bonds is 4. The highest BCUT2D eigenvalue weighted by molar-refractivity contribution is 5.97. The SMILES string of the molecule is Cc1ccc(F)cc1C(=O)NCc1ccc(C(=O)N2CCNC(=O)C2)cc1. The third kappa shape index (κ3) is 4.49. The molecular weight excluding hydrogens is 349 g/mol. The zero-order valence-corrected chi connectivity index (χ0v) is 14.9. The van der Waals surface area contributed by atoms with Gasteiger partial charge in [-0.2, -0.15) is 0 Å². The molecule has 3 rings (SSSR count). The topological polar surface area (TPSA) is 78.5 Å². The van der Waals surface area contributed by atoms with Gasteiger partial charge in [-0.3, -0.25) is 14.4 Å². The summed E-state index contributed by atoms with van der Waals surface area (Å²) in [5.41, 5.74) is 2.29. The van der Waals surface area contributed by atoms with Gasteiger partial charge in [0.2, 0.25) is 5.91 Å². The lowest BCUT2D eigenvalue weighted by Gasteiger charge is -2.26. The third-order valence-corrected chi connectivity index (χ3v) is 4.42. The molecule has 27 heavy (non-hydrogen) atoms. The summed E-state index contributed by atoms with van der Waals surface area (Å²) in [5, 5.41) is 5.43. The second kappa shape index (κ2) is 7.99. The maximum Gasteiger partial charge on any atom is 0.254 e. The van der Waals surface area contributed by atoms with Crippen LogP contribution in [0.3, 0.4) is 0 Å². The summed E-state index contributed by atoms with van der Waals surface area (Å²) in [6.07, 6.45) is 0. The summed E-state index contributed by atoms with van der Waals surface area (Å²) >= 11 is 0. The molecule has 1 aliphatic heterocycles. The molecule has 0 saturated carbocycles. The van der Waals surface area contributed by atoms with Crippen molar-refractivity contribution in [3.8, 4) is 0 Å². The van der Waals surface area contributed by atoms with E-state index in [1.54, 1.807) is 37.3 Å². The van der Waals surface area contributed by atoms with Crippen LogP contribution in [0, 0.1) is 12.7 Å². The van der Waals surface area contributed by atoms with Crippen molar-refractivity contribution in [2.45, 2.75) is 13.5 Å². The van der Waals surface area contributed by atoms with E-state index >= 15 is 0 Å². The monoisotopic (exact) mass is 369 g/mol. The predicted octanol–water partition coefficient (Wildman–Crippen LogP) is 1.64. The van der Waals surface area contributed by atoms with Crippen molar-refractivity contribution < 1.29 is 18.8 Å². The molecule has 0 radical (unpaired) electrons. The molecule has 2 N–H and O–H groups in total. The largest absolute Gasteiger partial charge is 0.353 e. The summed E-state index contributed by atoms with van der Waals surface area (Å²) in [7, 11) is 0. The number of benzene rings is 2. The van der Waals surface area contributed by atoms with Crippen LogP contribution in [0.15, 0.2) is 42.5 Å². The van der Waals surface area contributed by atoms with Crippen LogP contribution in [0.2, 0.25) is 0 Å². The summed E-state index contributed by atoms with van der Waals surface area (Å²) in [4.78, 5) is 37.6. The number of halogens is 1. The molecule has 2 aromatic carbocycles. The van der Waals surface area contributed by atoms with Crippen molar-refractivity contribution in [3.63, 3.8) is 0 Å². The summed E-state index contributed by atoms with van der Waals surface area (Å²) in [6, 6.07) is 10.9. The van der Waals surface area contributed by atoms with Crippen molar-refractivity contribution in [1.82, 2.24) is 15.5 Å². The van der Waals surface area contributed by atoms with Crippen LogP contribution in [-0.2, 0) is 11.3 Å². The first-order chi connectivity index (χ1) is 12.9. The minimum absolute atomic E-state index is 0.0592. The van der Waals surface area contributed by atoms with Crippen LogP contribution in [0.25, 0.3) is 0 Å². The maximum absolute atomic E-state index is 13.3. The molecule has 3 amide bonds. The average molecular weight is 369 g/mol. The van der Waals surface area contributed by atoms with Gasteiger partial charge in [-0.05, 0) is 42.3 Å². The molecule has 6 nitrogen and oxygen atoms in total. The zero-order valence-electron chi connectivity index (χ0n) is 14.9. The number of carbonyl (C=O) groups excluding carboxylic acids is 3. The van der Waals surface area contributed by atoms with Crippen molar-refractivity contribution in [1.29, 1.82) is 0 Å². The van der Waals surface area contributed by atoms with Gasteiger partial charge in [-0.25, -0.2) is 4.39 Å². The molecule has 0 atom stereocenters. The molecule has 1 aliphatic rings. The number of carbonyl (C=O) groups is 3. The Morgan fingerprint density at radius 2 is 1.93 bits per heavy atom. The normalized spacial score (nSPS) is 13.9. The van der Waals surface area contributed by atoms with Crippen LogP contribution >= 0.6 is 0 Å². The Labute approximate surface area is 156 Å². The first-order valence-electron chi connectivity index (χ1n) is 8.63. The fraction of sp³-hybridized carbons (Fsp3) is 0.250. The second-order valence-corrected chi connectivity index (χ2v) is 6.42. The van der Waals surface area contributed by atoms with Gasteiger partial charge < -0.3 is 15.5 Å². The Morgan fingerprint density at radius 3 is 2.63 bits per heavy atom. The Bertz CT molecular complexity index is 881. The standard InChI is InChI=1S/C20H20FN3O3/c1-13-2-7-16(21)10-17(13)19(26)23-11-14-3-5-15(6-4-14)20(27)24-9-8-22-18(25)12-24/h2-7,10H,8-9,11-12H2,1H3,(H,22,25)(H,23,26). The van der Waals surface area contributed by atoms with E-state index in [1.165, 1.54) is 17.0 Å². The van der Waals surface area contributed by atoms with Gasteiger partial charge in [-0.1, -0.05) is 18.2 Å². The predicted molar refractivity (Wildman–Crippen MR) is 97.7 cm³/mol. The van der Waals surface area contributed by atoms with Gasteiger partial charge >= 0.3 is 0 Å². The number of nitrogens with zero attached hydrogens (tertiary/aromatic N) is 1. The highest BCUT2D eigenvalue weighted by atomic mass is 19.1. The highest BCUT2D eigenvalue weighted by Gasteiger charge is 2.22. The molecule has 0 unspecified atom stereocenters. The van der Waals surface area contributed by atoms with E-state index in [0.29, 0.717) is 29.8 Å². The van der Waals surface area contributed by atoms with Crippen LogP contribution < -0.4 is 10.6 Å². The van der Waals surface area contributed by atoms with E-state index in [4.69, 9.17) is 0 Å². The molecule has 1 saturated heterocycles. The van der Waals surface area contributed by atoms with Gasteiger partial charge in [0.05, 0.1) is 6.54 Å². The van der Waals surface area contributed by atoms with Crippen molar-refractivity contribution in [3.05, 3.63) is 70.5 Å². The Hall–Kier alpha value is -3.22. The number of amides is 3. The van der Waals surface area contributed by atoms with Crippen molar-refractivity contribution in [2.24, 2.45) is 0 Å². The van der Waals surface area contributed by atoms with E-state index in [9.17, 15) is 18.8 Å². The molecule has 1 fully saturated rings. The summed E-state index contributed by atoms with van der Waals surface area (Å²) in [5.74, 6) is -1.18. The first-order valence-corrected chi connectivity index (χ1v) is 8.63. The molecule has 1 heterocycles. The van der Waals surface area contributed by atoms with Crippen LogP contribution in [0.5, 0.6) is 0 Å². The fourth-order valence-corrected chi connectivity index (χ4v) is 2.88. The van der Waals surface area contributed by atoms with Gasteiger partial charge in [0.15, 0.2) is 0 Å². The molecule has 0 aliphatic carbocycles. The van der Waals surface area contributed by atoms with Gasteiger partial charge in [0, 0.05) is 30.8 Å². The third-order valence-electron chi connectivity index (χ3n) is 4.42. The number of aryl methyl sites for hydroxylation is 1. The number of nitrogens with one attached hydrogen (secondary N) is 2. The quantitative estimate of drug-likeness (QED) is 0.860. The van der Waals surface area contributed by atoms with E-state index in [2.05, 4.69) is 10.6 Å². The smallest absolute Gasteiger partial charge is 0.254 e. The van der Waals surface area contributed by atoms with E-state index in [-0.39, 0.29) is 30.8 Å².